The van der Waals surface area contributed by atoms with Crippen molar-refractivity contribution in [3.8, 4) is 11.5 Å². The van der Waals surface area contributed by atoms with Gasteiger partial charge in [0.2, 0.25) is 5.89 Å². The first-order valence-corrected chi connectivity index (χ1v) is 8.02. The Kier molecular flexibility index (Phi) is 4.81. The summed E-state index contributed by atoms with van der Waals surface area (Å²) < 4.78 is 16.2. The molecule has 23 heavy (non-hydrogen) atoms. The molecule has 0 saturated carbocycles. The normalized spacial score (nSPS) is 18.3. The van der Waals surface area contributed by atoms with Crippen molar-refractivity contribution in [2.75, 3.05) is 20.8 Å². The maximum Gasteiger partial charge on any atom is 0.240 e. The molecule has 1 atom stereocenters. The van der Waals surface area contributed by atoms with E-state index in [-0.39, 0.29) is 0 Å². The van der Waals surface area contributed by atoms with Gasteiger partial charge in [-0.25, -0.2) is 0 Å². The van der Waals surface area contributed by atoms with Gasteiger partial charge in [-0.2, -0.15) is 4.98 Å². The van der Waals surface area contributed by atoms with Gasteiger partial charge >= 0.3 is 0 Å². The van der Waals surface area contributed by atoms with Crippen molar-refractivity contribution in [2.45, 2.75) is 38.8 Å². The summed E-state index contributed by atoms with van der Waals surface area (Å²) in [7, 11) is 3.36. The van der Waals surface area contributed by atoms with Crippen LogP contribution in [0.15, 0.2) is 22.7 Å². The minimum Gasteiger partial charge on any atom is -0.497 e. The fraction of sp³-hybridized carbons (Fsp3) is 0.529. The molecule has 0 unspecified atom stereocenters. The lowest BCUT2D eigenvalue weighted by Gasteiger charge is -2.25. The molecular weight excluding hydrogens is 294 g/mol. The van der Waals surface area contributed by atoms with Crippen LogP contribution >= 0.6 is 0 Å². The van der Waals surface area contributed by atoms with E-state index < -0.39 is 0 Å². The van der Waals surface area contributed by atoms with Crippen LogP contribution in [0.1, 0.15) is 43.1 Å². The average Bonchev–Trinajstić information content (AvgIpc) is 3.23. The van der Waals surface area contributed by atoms with E-state index >= 15 is 0 Å². The van der Waals surface area contributed by atoms with Gasteiger partial charge in [0.15, 0.2) is 5.82 Å². The predicted molar refractivity (Wildman–Crippen MR) is 85.6 cm³/mol. The van der Waals surface area contributed by atoms with Crippen molar-refractivity contribution in [1.82, 2.24) is 15.0 Å². The summed E-state index contributed by atoms with van der Waals surface area (Å²) in [6.45, 7) is 3.71. The summed E-state index contributed by atoms with van der Waals surface area (Å²) in [6.07, 6.45) is 3.03. The number of hydrogen-bond donors (Lipinski definition) is 0. The second-order valence-electron chi connectivity index (χ2n) is 5.69. The van der Waals surface area contributed by atoms with Crippen molar-refractivity contribution in [2.24, 2.45) is 0 Å². The Bertz CT molecular complexity index is 656. The summed E-state index contributed by atoms with van der Waals surface area (Å²) >= 11 is 0. The number of ether oxygens (including phenoxy) is 2. The molecule has 1 saturated heterocycles. The third-order valence-electron chi connectivity index (χ3n) is 4.33. The third kappa shape index (κ3) is 3.32. The second-order valence-corrected chi connectivity index (χ2v) is 5.69. The lowest BCUT2D eigenvalue weighted by Crippen LogP contribution is -2.23. The molecule has 0 aliphatic carbocycles. The van der Waals surface area contributed by atoms with Gasteiger partial charge in [-0.3, -0.25) is 4.90 Å². The summed E-state index contributed by atoms with van der Waals surface area (Å²) in [5.74, 6) is 3.11. The molecule has 0 spiro atoms. The minimum absolute atomic E-state index is 0.299. The van der Waals surface area contributed by atoms with Gasteiger partial charge < -0.3 is 14.0 Å². The Morgan fingerprint density at radius 2 is 2.17 bits per heavy atom. The van der Waals surface area contributed by atoms with Crippen LogP contribution in [0.3, 0.4) is 0 Å². The van der Waals surface area contributed by atoms with Crippen molar-refractivity contribution >= 4 is 0 Å². The molecule has 1 fully saturated rings. The Balaban J connectivity index is 1.81. The Labute approximate surface area is 136 Å². The van der Waals surface area contributed by atoms with Crippen LogP contribution < -0.4 is 9.47 Å². The predicted octanol–water partition coefficient (Wildman–Crippen LogP) is 2.99. The maximum absolute atomic E-state index is 5.56. The van der Waals surface area contributed by atoms with E-state index in [9.17, 15) is 0 Å². The molecular formula is C17H23N3O3. The van der Waals surface area contributed by atoms with Crippen LogP contribution in [0, 0.1) is 0 Å². The average molecular weight is 317 g/mol. The van der Waals surface area contributed by atoms with E-state index in [0.717, 1.165) is 43.1 Å². The highest BCUT2D eigenvalue weighted by atomic mass is 16.5. The minimum atomic E-state index is 0.299. The van der Waals surface area contributed by atoms with Gasteiger partial charge in [0.1, 0.15) is 11.5 Å². The number of methoxy groups -OCH3 is 2. The van der Waals surface area contributed by atoms with E-state index in [4.69, 9.17) is 14.0 Å². The Morgan fingerprint density at radius 3 is 2.87 bits per heavy atom. The molecule has 0 bridgehead atoms. The van der Waals surface area contributed by atoms with Crippen molar-refractivity contribution in [3.63, 3.8) is 0 Å². The molecule has 0 N–H and O–H groups in total. The Hall–Kier alpha value is -2.08. The molecule has 1 aromatic heterocycles. The van der Waals surface area contributed by atoms with Gasteiger partial charge in [0.05, 0.1) is 20.8 Å². The molecule has 1 aromatic carbocycles. The third-order valence-corrected chi connectivity index (χ3v) is 4.33. The van der Waals surface area contributed by atoms with Gasteiger partial charge in [-0.05, 0) is 25.5 Å². The zero-order valence-corrected chi connectivity index (χ0v) is 13.9. The van der Waals surface area contributed by atoms with Crippen molar-refractivity contribution in [3.05, 3.63) is 35.5 Å². The number of aryl methyl sites for hydroxylation is 1. The SMILES string of the molecule is CCc1noc(CN2CCC[C@H]2c2ccc(OC)cc2OC)n1. The van der Waals surface area contributed by atoms with E-state index in [2.05, 4.69) is 21.1 Å². The molecule has 0 radical (unpaired) electrons. The Morgan fingerprint density at radius 1 is 1.30 bits per heavy atom. The van der Waals surface area contributed by atoms with Crippen molar-refractivity contribution < 1.29 is 14.0 Å². The summed E-state index contributed by atoms with van der Waals surface area (Å²) in [4.78, 5) is 6.79. The van der Waals surface area contributed by atoms with Crippen LogP contribution in [0.25, 0.3) is 0 Å². The molecule has 1 aliphatic rings. The summed E-state index contributed by atoms with van der Waals surface area (Å²) in [6, 6.07) is 6.31. The number of hydrogen-bond acceptors (Lipinski definition) is 6. The van der Waals surface area contributed by atoms with Gasteiger partial charge in [-0.15, -0.1) is 0 Å². The molecule has 124 valence electrons. The molecule has 2 aromatic rings. The lowest BCUT2D eigenvalue weighted by atomic mass is 10.0. The van der Waals surface area contributed by atoms with Gasteiger partial charge in [0.25, 0.3) is 0 Å². The van der Waals surface area contributed by atoms with E-state index in [0.29, 0.717) is 18.5 Å². The second kappa shape index (κ2) is 7.00. The number of benzene rings is 1. The summed E-state index contributed by atoms with van der Waals surface area (Å²) in [5, 5.41) is 3.98. The van der Waals surface area contributed by atoms with Crippen LogP contribution in [0.2, 0.25) is 0 Å². The monoisotopic (exact) mass is 317 g/mol. The molecule has 2 heterocycles. The first-order valence-electron chi connectivity index (χ1n) is 8.02. The fourth-order valence-corrected chi connectivity index (χ4v) is 3.13. The lowest BCUT2D eigenvalue weighted by molar-refractivity contribution is 0.209. The fourth-order valence-electron chi connectivity index (χ4n) is 3.13. The van der Waals surface area contributed by atoms with E-state index in [1.54, 1.807) is 14.2 Å². The topological polar surface area (TPSA) is 60.6 Å². The number of aromatic nitrogens is 2. The number of likely N-dealkylation sites (tertiary alicyclic amines) is 1. The maximum atomic E-state index is 5.56. The van der Waals surface area contributed by atoms with Crippen LogP contribution in [0.4, 0.5) is 0 Å². The highest BCUT2D eigenvalue weighted by molar-refractivity contribution is 5.42. The molecule has 1 aliphatic heterocycles. The van der Waals surface area contributed by atoms with E-state index in [1.807, 2.05) is 19.1 Å². The number of nitrogens with zero attached hydrogens (tertiary/aromatic N) is 3. The van der Waals surface area contributed by atoms with Crippen LogP contribution in [-0.2, 0) is 13.0 Å². The smallest absolute Gasteiger partial charge is 0.240 e. The first kappa shape index (κ1) is 15.8. The largest absolute Gasteiger partial charge is 0.497 e. The summed E-state index contributed by atoms with van der Waals surface area (Å²) in [5.41, 5.74) is 1.18. The van der Waals surface area contributed by atoms with E-state index in [1.165, 1.54) is 5.56 Å². The molecule has 3 rings (SSSR count). The zero-order valence-electron chi connectivity index (χ0n) is 13.9. The highest BCUT2D eigenvalue weighted by Crippen LogP contribution is 2.39. The number of rotatable bonds is 6. The van der Waals surface area contributed by atoms with Crippen molar-refractivity contribution in [1.29, 1.82) is 0 Å². The van der Waals surface area contributed by atoms with Gasteiger partial charge in [0, 0.05) is 24.1 Å². The van der Waals surface area contributed by atoms with Crippen LogP contribution in [0.5, 0.6) is 11.5 Å². The van der Waals surface area contributed by atoms with Gasteiger partial charge in [-0.1, -0.05) is 18.1 Å². The standard InChI is InChI=1S/C17H23N3O3/c1-4-16-18-17(23-19-16)11-20-9-5-6-14(20)13-8-7-12(21-2)10-15(13)22-3/h7-8,10,14H,4-6,9,11H2,1-3H3/t14-/m0/s1. The molecule has 6 heteroatoms. The zero-order chi connectivity index (χ0) is 16.2. The first-order chi connectivity index (χ1) is 11.2. The quantitative estimate of drug-likeness (QED) is 0.816. The molecule has 6 nitrogen and oxygen atoms in total. The van der Waals surface area contributed by atoms with Crippen LogP contribution in [-0.4, -0.2) is 35.8 Å². The highest BCUT2D eigenvalue weighted by Gasteiger charge is 2.29. The molecule has 0 amide bonds.